The fraction of sp³-hybridized carbons (Fsp3) is 0. The summed E-state index contributed by atoms with van der Waals surface area (Å²) in [5.74, 6) is -0.269. The Labute approximate surface area is 97.8 Å². The molecule has 2 aromatic rings. The van der Waals surface area contributed by atoms with E-state index in [9.17, 15) is 4.39 Å². The van der Waals surface area contributed by atoms with Crippen molar-refractivity contribution in [3.63, 3.8) is 0 Å². The van der Waals surface area contributed by atoms with Crippen LogP contribution < -0.4 is 11.1 Å². The highest BCUT2D eigenvalue weighted by molar-refractivity contribution is 6.31. The van der Waals surface area contributed by atoms with Gasteiger partial charge in [0.15, 0.2) is 0 Å². The highest BCUT2D eigenvalue weighted by Gasteiger charge is 2.00. The molecule has 0 unspecified atom stereocenters. The Bertz CT molecular complexity index is 497. The van der Waals surface area contributed by atoms with E-state index in [1.54, 1.807) is 30.3 Å². The summed E-state index contributed by atoms with van der Waals surface area (Å²) in [6.45, 7) is 0. The summed E-state index contributed by atoms with van der Waals surface area (Å²) in [6, 6.07) is 11.2. The maximum Gasteiger partial charge on any atom is 0.123 e. The minimum atomic E-state index is -0.269. The first-order chi connectivity index (χ1) is 7.65. The molecule has 0 spiro atoms. The van der Waals surface area contributed by atoms with Crippen molar-refractivity contribution >= 4 is 28.7 Å². The standard InChI is InChI=1S/C12H10ClFN2/c13-8-1-6-12(11(15)7-8)16-10-4-2-9(14)3-5-10/h1-7,16H,15H2. The van der Waals surface area contributed by atoms with Crippen molar-refractivity contribution in [1.82, 2.24) is 0 Å². The molecular weight excluding hydrogens is 227 g/mol. The summed E-state index contributed by atoms with van der Waals surface area (Å²) < 4.78 is 12.7. The number of rotatable bonds is 2. The van der Waals surface area contributed by atoms with Gasteiger partial charge in [-0.1, -0.05) is 11.6 Å². The van der Waals surface area contributed by atoms with Crippen molar-refractivity contribution < 1.29 is 4.39 Å². The largest absolute Gasteiger partial charge is 0.397 e. The van der Waals surface area contributed by atoms with Crippen molar-refractivity contribution in [2.45, 2.75) is 0 Å². The molecule has 0 aromatic heterocycles. The zero-order valence-corrected chi connectivity index (χ0v) is 9.13. The van der Waals surface area contributed by atoms with Gasteiger partial charge in [-0.25, -0.2) is 4.39 Å². The van der Waals surface area contributed by atoms with E-state index >= 15 is 0 Å². The maximum atomic E-state index is 12.7. The molecule has 4 heteroatoms. The molecule has 82 valence electrons. The summed E-state index contributed by atoms with van der Waals surface area (Å²) in [5, 5.41) is 3.66. The van der Waals surface area contributed by atoms with Crippen molar-refractivity contribution in [3.8, 4) is 0 Å². The van der Waals surface area contributed by atoms with Crippen molar-refractivity contribution in [2.75, 3.05) is 11.1 Å². The fourth-order valence-electron chi connectivity index (χ4n) is 1.34. The van der Waals surface area contributed by atoms with Gasteiger partial charge in [-0.3, -0.25) is 0 Å². The number of anilines is 3. The summed E-state index contributed by atoms with van der Waals surface area (Å²) in [4.78, 5) is 0. The molecule has 2 aromatic carbocycles. The quantitative estimate of drug-likeness (QED) is 0.779. The second-order valence-corrected chi connectivity index (χ2v) is 3.80. The Morgan fingerprint density at radius 3 is 2.38 bits per heavy atom. The van der Waals surface area contributed by atoms with E-state index in [1.165, 1.54) is 12.1 Å². The van der Waals surface area contributed by atoms with Crippen LogP contribution in [0.1, 0.15) is 0 Å². The van der Waals surface area contributed by atoms with E-state index < -0.39 is 0 Å². The van der Waals surface area contributed by atoms with Crippen molar-refractivity contribution in [1.29, 1.82) is 0 Å². The highest BCUT2D eigenvalue weighted by atomic mass is 35.5. The van der Waals surface area contributed by atoms with E-state index in [1.807, 2.05) is 0 Å². The van der Waals surface area contributed by atoms with Gasteiger partial charge in [0.25, 0.3) is 0 Å². The molecular formula is C12H10ClFN2. The van der Waals surface area contributed by atoms with Crippen LogP contribution in [-0.2, 0) is 0 Å². The molecule has 0 aliphatic carbocycles. The number of hydrogen-bond donors (Lipinski definition) is 2. The zero-order valence-electron chi connectivity index (χ0n) is 8.37. The molecule has 2 nitrogen and oxygen atoms in total. The lowest BCUT2D eigenvalue weighted by atomic mass is 10.2. The van der Waals surface area contributed by atoms with E-state index in [0.717, 1.165) is 11.4 Å². The number of nitrogens with two attached hydrogens (primary N) is 1. The molecule has 0 amide bonds. The van der Waals surface area contributed by atoms with E-state index in [0.29, 0.717) is 10.7 Å². The average Bonchev–Trinajstić information content (AvgIpc) is 2.25. The van der Waals surface area contributed by atoms with Crippen LogP contribution in [0.5, 0.6) is 0 Å². The van der Waals surface area contributed by atoms with Gasteiger partial charge in [0, 0.05) is 10.7 Å². The van der Waals surface area contributed by atoms with Crippen molar-refractivity contribution in [3.05, 3.63) is 53.3 Å². The molecule has 0 bridgehead atoms. The Morgan fingerprint density at radius 1 is 1.06 bits per heavy atom. The molecule has 3 N–H and O–H groups in total. The lowest BCUT2D eigenvalue weighted by molar-refractivity contribution is 0.628. The molecule has 16 heavy (non-hydrogen) atoms. The Morgan fingerprint density at radius 2 is 1.75 bits per heavy atom. The van der Waals surface area contributed by atoms with Gasteiger partial charge in [0.2, 0.25) is 0 Å². The molecule has 0 atom stereocenters. The van der Waals surface area contributed by atoms with E-state index in [2.05, 4.69) is 5.32 Å². The number of hydrogen-bond acceptors (Lipinski definition) is 2. The predicted octanol–water partition coefficient (Wildman–Crippen LogP) is 3.80. The zero-order chi connectivity index (χ0) is 11.5. The third-order valence-corrected chi connectivity index (χ3v) is 2.37. The Kier molecular flexibility index (Phi) is 2.97. The van der Waals surface area contributed by atoms with E-state index in [4.69, 9.17) is 17.3 Å². The lowest BCUT2D eigenvalue weighted by Crippen LogP contribution is -1.95. The molecule has 2 rings (SSSR count). The smallest absolute Gasteiger partial charge is 0.123 e. The van der Waals surface area contributed by atoms with Gasteiger partial charge in [0.1, 0.15) is 5.82 Å². The van der Waals surface area contributed by atoms with Crippen molar-refractivity contribution in [2.24, 2.45) is 0 Å². The van der Waals surface area contributed by atoms with Crippen LogP contribution in [0.3, 0.4) is 0 Å². The number of benzene rings is 2. The first-order valence-electron chi connectivity index (χ1n) is 4.73. The normalized spacial score (nSPS) is 10.1. The summed E-state index contributed by atoms with van der Waals surface area (Å²) >= 11 is 5.78. The first-order valence-corrected chi connectivity index (χ1v) is 5.10. The molecule has 0 radical (unpaired) electrons. The number of nitrogen functional groups attached to an aromatic ring is 1. The number of nitrogens with one attached hydrogen (secondary N) is 1. The predicted molar refractivity (Wildman–Crippen MR) is 65.5 cm³/mol. The topological polar surface area (TPSA) is 38.0 Å². The molecule has 0 aliphatic heterocycles. The number of halogens is 2. The third-order valence-electron chi connectivity index (χ3n) is 2.14. The molecule has 0 fully saturated rings. The molecule has 0 heterocycles. The van der Waals surface area contributed by atoms with Gasteiger partial charge in [-0.05, 0) is 42.5 Å². The van der Waals surface area contributed by atoms with Gasteiger partial charge in [-0.2, -0.15) is 0 Å². The second kappa shape index (κ2) is 4.41. The third kappa shape index (κ3) is 2.44. The Hall–Kier alpha value is -1.74. The summed E-state index contributed by atoms with van der Waals surface area (Å²) in [7, 11) is 0. The van der Waals surface area contributed by atoms with Crippen LogP contribution in [-0.4, -0.2) is 0 Å². The molecule has 0 aliphatic rings. The van der Waals surface area contributed by atoms with E-state index in [-0.39, 0.29) is 5.82 Å². The van der Waals surface area contributed by atoms with Gasteiger partial charge >= 0.3 is 0 Å². The summed E-state index contributed by atoms with van der Waals surface area (Å²) in [5.41, 5.74) is 7.85. The van der Waals surface area contributed by atoms with Gasteiger partial charge < -0.3 is 11.1 Å². The van der Waals surface area contributed by atoms with Crippen LogP contribution >= 0.6 is 11.6 Å². The van der Waals surface area contributed by atoms with Gasteiger partial charge in [-0.15, -0.1) is 0 Å². The first kappa shape index (κ1) is 10.8. The molecule has 0 saturated carbocycles. The maximum absolute atomic E-state index is 12.7. The van der Waals surface area contributed by atoms with Crippen LogP contribution in [0.2, 0.25) is 5.02 Å². The van der Waals surface area contributed by atoms with Crippen LogP contribution in [0, 0.1) is 5.82 Å². The molecule has 0 saturated heterocycles. The lowest BCUT2D eigenvalue weighted by Gasteiger charge is -2.09. The van der Waals surface area contributed by atoms with Crippen LogP contribution in [0.25, 0.3) is 0 Å². The van der Waals surface area contributed by atoms with Crippen LogP contribution in [0.4, 0.5) is 21.5 Å². The Balaban J connectivity index is 2.23. The summed E-state index contributed by atoms with van der Waals surface area (Å²) in [6.07, 6.45) is 0. The second-order valence-electron chi connectivity index (χ2n) is 3.36. The monoisotopic (exact) mass is 236 g/mol. The SMILES string of the molecule is Nc1cc(Cl)ccc1Nc1ccc(F)cc1. The average molecular weight is 237 g/mol. The fourth-order valence-corrected chi connectivity index (χ4v) is 1.52. The minimum absolute atomic E-state index is 0.269. The van der Waals surface area contributed by atoms with Gasteiger partial charge in [0.05, 0.1) is 11.4 Å². The highest BCUT2D eigenvalue weighted by Crippen LogP contribution is 2.25. The minimum Gasteiger partial charge on any atom is -0.397 e. The van der Waals surface area contributed by atoms with Crippen LogP contribution in [0.15, 0.2) is 42.5 Å².